The van der Waals surface area contributed by atoms with Crippen LogP contribution in [0.15, 0.2) is 52.0 Å². The molecule has 0 bridgehead atoms. The van der Waals surface area contributed by atoms with Crippen LogP contribution in [0, 0.1) is 5.92 Å². The highest BCUT2D eigenvalue weighted by Crippen LogP contribution is 2.28. The highest BCUT2D eigenvalue weighted by atomic mass is 16.5. The number of nitrogens with one attached hydrogen (secondary N) is 1. The Kier molecular flexibility index (Phi) is 7.79. The number of carbonyl (C=O) groups is 1. The second kappa shape index (κ2) is 10.8. The van der Waals surface area contributed by atoms with E-state index in [1.165, 1.54) is 6.42 Å². The minimum atomic E-state index is -0.0562. The van der Waals surface area contributed by atoms with Crippen LogP contribution in [0.2, 0.25) is 0 Å². The molecule has 1 amide bonds. The van der Waals surface area contributed by atoms with Gasteiger partial charge in [0.2, 0.25) is 11.8 Å². The van der Waals surface area contributed by atoms with Crippen molar-refractivity contribution in [1.82, 2.24) is 15.3 Å². The number of hydrazone groups is 1. The molecule has 2 aromatic carbocycles. The predicted molar refractivity (Wildman–Crippen MR) is 144 cm³/mol. The Morgan fingerprint density at radius 1 is 1.17 bits per heavy atom. The van der Waals surface area contributed by atoms with E-state index in [9.17, 15) is 4.79 Å². The van der Waals surface area contributed by atoms with Gasteiger partial charge in [0.25, 0.3) is 0 Å². The van der Waals surface area contributed by atoms with E-state index < -0.39 is 0 Å². The maximum Gasteiger partial charge on any atom is 0.240 e. The number of nitrogens with zero attached hydrogens (tertiary/aromatic N) is 3. The molecular formula is C29H38N4O3. The molecule has 1 N–H and O–H groups in total. The van der Waals surface area contributed by atoms with Crippen LogP contribution in [0.1, 0.15) is 66.4 Å². The Morgan fingerprint density at radius 3 is 2.56 bits per heavy atom. The van der Waals surface area contributed by atoms with Crippen LogP contribution in [-0.2, 0) is 4.79 Å². The second-order valence-electron chi connectivity index (χ2n) is 10.6. The summed E-state index contributed by atoms with van der Waals surface area (Å²) in [5.41, 5.74) is 6.87. The Labute approximate surface area is 213 Å². The summed E-state index contributed by atoms with van der Waals surface area (Å²) in [4.78, 5) is 18.7. The first-order valence-electron chi connectivity index (χ1n) is 13.0. The molecule has 0 radical (unpaired) electrons. The number of hydrogen-bond acceptors (Lipinski definition) is 6. The third-order valence-corrected chi connectivity index (χ3v) is 6.91. The number of benzene rings is 2. The van der Waals surface area contributed by atoms with Gasteiger partial charge in [-0.1, -0.05) is 26.3 Å². The monoisotopic (exact) mass is 490 g/mol. The molecule has 1 atom stereocenters. The van der Waals surface area contributed by atoms with E-state index in [0.717, 1.165) is 41.1 Å². The van der Waals surface area contributed by atoms with Gasteiger partial charge in [-0.2, -0.15) is 5.10 Å². The number of fused-ring (bicyclic) bond motifs is 1. The Morgan fingerprint density at radius 2 is 1.89 bits per heavy atom. The van der Waals surface area contributed by atoms with Crippen LogP contribution >= 0.6 is 0 Å². The fraction of sp³-hybridized carbons (Fsp3) is 0.483. The fourth-order valence-electron chi connectivity index (χ4n) is 5.18. The summed E-state index contributed by atoms with van der Waals surface area (Å²) in [5, 5.41) is 4.25. The summed E-state index contributed by atoms with van der Waals surface area (Å²) in [5.74, 6) is 1.39. The zero-order valence-electron chi connectivity index (χ0n) is 22.3. The summed E-state index contributed by atoms with van der Waals surface area (Å²) in [6.07, 6.45) is 2.76. The minimum absolute atomic E-state index is 0.0523. The lowest BCUT2D eigenvalue weighted by molar-refractivity contribution is -0.121. The number of ether oxygens (including phenoxy) is 1. The molecule has 0 aliphatic carbocycles. The van der Waals surface area contributed by atoms with Crippen LogP contribution < -0.4 is 10.2 Å². The van der Waals surface area contributed by atoms with E-state index in [1.54, 1.807) is 0 Å². The predicted octanol–water partition coefficient (Wildman–Crippen LogP) is 6.02. The molecule has 3 aromatic rings. The molecule has 1 aliphatic rings. The van der Waals surface area contributed by atoms with Gasteiger partial charge in [0.05, 0.1) is 5.71 Å². The Hall–Kier alpha value is -3.19. The smallest absolute Gasteiger partial charge is 0.240 e. The van der Waals surface area contributed by atoms with Gasteiger partial charge in [0, 0.05) is 41.6 Å². The number of carbonyl (C=O) groups excluding carboxylic acids is 1. The molecule has 2 heterocycles. The van der Waals surface area contributed by atoms with Crippen LogP contribution in [0.3, 0.4) is 0 Å². The summed E-state index contributed by atoms with van der Waals surface area (Å²) in [7, 11) is 0. The lowest BCUT2D eigenvalue weighted by atomic mass is 9.94. The molecule has 0 fully saturated rings. The van der Waals surface area contributed by atoms with Crippen molar-refractivity contribution < 1.29 is 13.9 Å². The molecule has 0 saturated carbocycles. The molecule has 7 heteroatoms. The largest absolute Gasteiger partial charge is 0.492 e. The number of aromatic nitrogens is 1. The third kappa shape index (κ3) is 5.78. The fourth-order valence-corrected chi connectivity index (χ4v) is 5.18. The molecule has 0 saturated heterocycles. The lowest BCUT2D eigenvalue weighted by Gasteiger charge is -2.41. The molecule has 36 heavy (non-hydrogen) atoms. The quantitative estimate of drug-likeness (QED) is 0.376. The van der Waals surface area contributed by atoms with Crippen molar-refractivity contribution in [3.05, 3.63) is 48.0 Å². The van der Waals surface area contributed by atoms with E-state index in [-0.39, 0.29) is 17.4 Å². The molecule has 192 valence electrons. The van der Waals surface area contributed by atoms with Crippen molar-refractivity contribution in [2.24, 2.45) is 11.0 Å². The third-order valence-electron chi connectivity index (χ3n) is 6.91. The van der Waals surface area contributed by atoms with Gasteiger partial charge in [-0.05, 0) is 70.5 Å². The van der Waals surface area contributed by atoms with Crippen molar-refractivity contribution in [2.45, 2.75) is 72.4 Å². The van der Waals surface area contributed by atoms with Gasteiger partial charge in [0.1, 0.15) is 17.9 Å². The molecule has 1 unspecified atom stereocenters. The van der Waals surface area contributed by atoms with Crippen molar-refractivity contribution >= 4 is 22.7 Å². The average Bonchev–Trinajstić information content (AvgIpc) is 3.25. The van der Waals surface area contributed by atoms with Gasteiger partial charge in [-0.15, -0.1) is 0 Å². The summed E-state index contributed by atoms with van der Waals surface area (Å²) in [6.45, 7) is 14.9. The van der Waals surface area contributed by atoms with Crippen LogP contribution in [0.5, 0.6) is 5.75 Å². The maximum absolute atomic E-state index is 11.6. The van der Waals surface area contributed by atoms with Gasteiger partial charge in [0.15, 0.2) is 5.58 Å². The first-order valence-corrected chi connectivity index (χ1v) is 13.0. The number of rotatable bonds is 10. The van der Waals surface area contributed by atoms with Crippen molar-refractivity contribution in [2.75, 3.05) is 13.2 Å². The van der Waals surface area contributed by atoms with Crippen LogP contribution in [0.25, 0.3) is 22.6 Å². The van der Waals surface area contributed by atoms with Crippen molar-refractivity contribution in [1.29, 1.82) is 0 Å². The SMILES string of the molecule is CCCC(C)(C)N(CCOc1ccc(-c2nc3ccc(C4=NNC(=O)CC4C)cc3o2)cc1)C(C)C. The highest BCUT2D eigenvalue weighted by Gasteiger charge is 2.27. The zero-order valence-corrected chi connectivity index (χ0v) is 22.3. The van der Waals surface area contributed by atoms with E-state index in [1.807, 2.05) is 49.4 Å². The van der Waals surface area contributed by atoms with Crippen LogP contribution in [-0.4, -0.2) is 46.2 Å². The van der Waals surface area contributed by atoms with Gasteiger partial charge in [-0.3, -0.25) is 9.69 Å². The minimum Gasteiger partial charge on any atom is -0.492 e. The van der Waals surface area contributed by atoms with Gasteiger partial charge >= 0.3 is 0 Å². The standard InChI is InChI=1S/C29H38N4O3/c1-7-14-29(5,6)33(19(2)3)15-16-35-23-11-8-21(9-12-23)28-30-24-13-10-22(18-25(24)36-28)27-20(4)17-26(34)31-32-27/h8-13,18-20H,7,14-17H2,1-6H3,(H,31,34). The number of oxazole rings is 1. The maximum atomic E-state index is 11.6. The Balaban J connectivity index is 1.42. The van der Waals surface area contributed by atoms with Gasteiger partial charge < -0.3 is 9.15 Å². The first kappa shape index (κ1) is 25.9. The van der Waals surface area contributed by atoms with E-state index >= 15 is 0 Å². The average molecular weight is 491 g/mol. The molecule has 4 rings (SSSR count). The summed E-state index contributed by atoms with van der Waals surface area (Å²) in [6, 6.07) is 14.2. The molecule has 1 aliphatic heterocycles. The van der Waals surface area contributed by atoms with Crippen molar-refractivity contribution in [3.8, 4) is 17.2 Å². The molecular weight excluding hydrogens is 452 g/mol. The van der Waals surface area contributed by atoms with E-state index in [4.69, 9.17) is 9.15 Å². The second-order valence-corrected chi connectivity index (χ2v) is 10.6. The normalized spacial score (nSPS) is 16.5. The number of hydrogen-bond donors (Lipinski definition) is 1. The summed E-state index contributed by atoms with van der Waals surface area (Å²) < 4.78 is 12.2. The van der Waals surface area contributed by atoms with Crippen LogP contribution in [0.4, 0.5) is 0 Å². The van der Waals surface area contributed by atoms with Crippen molar-refractivity contribution in [3.63, 3.8) is 0 Å². The lowest BCUT2D eigenvalue weighted by Crippen LogP contribution is -2.49. The topological polar surface area (TPSA) is 80.0 Å². The highest BCUT2D eigenvalue weighted by molar-refractivity contribution is 6.07. The summed E-state index contributed by atoms with van der Waals surface area (Å²) >= 11 is 0. The van der Waals surface area contributed by atoms with Gasteiger partial charge in [-0.25, -0.2) is 10.4 Å². The first-order chi connectivity index (χ1) is 17.2. The zero-order chi connectivity index (χ0) is 25.9. The number of amides is 1. The molecule has 7 nitrogen and oxygen atoms in total. The Bertz CT molecular complexity index is 1230. The molecule has 1 aromatic heterocycles. The van der Waals surface area contributed by atoms with E-state index in [2.05, 4.69) is 55.0 Å². The molecule has 0 spiro atoms. The van der Waals surface area contributed by atoms with E-state index in [0.29, 0.717) is 30.5 Å².